The molecule has 1 aliphatic carbocycles. The van der Waals surface area contributed by atoms with Crippen LogP contribution in [0.15, 0.2) is 10.8 Å². The molecule has 0 atom stereocenters. The van der Waals surface area contributed by atoms with Gasteiger partial charge in [-0.2, -0.15) is 0 Å². The third-order valence-electron chi connectivity index (χ3n) is 3.21. The van der Waals surface area contributed by atoms with Crippen molar-refractivity contribution in [2.24, 2.45) is 5.92 Å². The van der Waals surface area contributed by atoms with E-state index in [0.29, 0.717) is 6.61 Å². The normalized spacial score (nSPS) is 14.4. The van der Waals surface area contributed by atoms with Crippen molar-refractivity contribution >= 4 is 11.8 Å². The number of ether oxygens (including phenoxy) is 1. The van der Waals surface area contributed by atoms with Gasteiger partial charge >= 0.3 is 5.97 Å². The minimum absolute atomic E-state index is 0.0207. The lowest BCUT2D eigenvalue weighted by Crippen LogP contribution is -2.12. The van der Waals surface area contributed by atoms with Crippen LogP contribution in [-0.2, 0) is 4.74 Å². The number of aromatic nitrogens is 1. The van der Waals surface area contributed by atoms with Crippen LogP contribution in [0.3, 0.4) is 0 Å². The van der Waals surface area contributed by atoms with Gasteiger partial charge in [0.2, 0.25) is 5.69 Å². The minimum atomic E-state index is -0.561. The maximum absolute atomic E-state index is 11.9. The van der Waals surface area contributed by atoms with Crippen molar-refractivity contribution in [1.29, 1.82) is 0 Å². The summed E-state index contributed by atoms with van der Waals surface area (Å²) >= 11 is 0. The van der Waals surface area contributed by atoms with Crippen molar-refractivity contribution < 1.29 is 18.8 Å². The second kappa shape index (κ2) is 6.50. The van der Waals surface area contributed by atoms with Crippen LogP contribution in [0.1, 0.15) is 66.3 Å². The monoisotopic (exact) mass is 265 g/mol. The molecule has 0 amide bonds. The Hall–Kier alpha value is -1.65. The zero-order valence-electron chi connectivity index (χ0n) is 11.2. The van der Waals surface area contributed by atoms with E-state index in [0.717, 1.165) is 38.5 Å². The number of hydrogen-bond donors (Lipinski definition) is 0. The van der Waals surface area contributed by atoms with Crippen LogP contribution in [0.5, 0.6) is 0 Å². The van der Waals surface area contributed by atoms with Gasteiger partial charge in [0.05, 0.1) is 12.2 Å². The molecule has 0 aromatic carbocycles. The van der Waals surface area contributed by atoms with E-state index in [1.807, 2.05) is 0 Å². The Morgan fingerprint density at radius 2 is 2.16 bits per heavy atom. The molecule has 5 heteroatoms. The number of unbranched alkanes of at least 4 members (excludes halogenated alkanes) is 3. The first-order valence-corrected chi connectivity index (χ1v) is 6.89. The highest BCUT2D eigenvalue weighted by molar-refractivity contribution is 6.06. The number of ketones is 1. The van der Waals surface area contributed by atoms with Gasteiger partial charge in [-0.05, 0) is 19.3 Å². The lowest BCUT2D eigenvalue weighted by molar-refractivity contribution is 0.0483. The number of rotatable bonds is 8. The molecule has 1 aliphatic rings. The SMILES string of the molecule is CCCCCCOC(=O)c1nocc1C(=O)C1CC1. The summed E-state index contributed by atoms with van der Waals surface area (Å²) in [7, 11) is 0. The number of nitrogens with zero attached hydrogens (tertiary/aromatic N) is 1. The van der Waals surface area contributed by atoms with E-state index in [-0.39, 0.29) is 23.0 Å². The molecule has 0 saturated heterocycles. The maximum Gasteiger partial charge on any atom is 0.361 e. The molecule has 1 fully saturated rings. The Labute approximate surface area is 112 Å². The standard InChI is InChI=1S/C14H19NO4/c1-2-3-4-5-8-18-14(17)12-11(9-19-15-12)13(16)10-6-7-10/h9-10H,2-8H2,1H3. The molecule has 1 heterocycles. The molecular weight excluding hydrogens is 246 g/mol. The van der Waals surface area contributed by atoms with Gasteiger partial charge in [0.25, 0.3) is 0 Å². The largest absolute Gasteiger partial charge is 0.461 e. The van der Waals surface area contributed by atoms with E-state index >= 15 is 0 Å². The summed E-state index contributed by atoms with van der Waals surface area (Å²) in [6.45, 7) is 2.49. The molecular formula is C14H19NO4. The zero-order chi connectivity index (χ0) is 13.7. The molecule has 0 spiro atoms. The highest BCUT2D eigenvalue weighted by atomic mass is 16.5. The van der Waals surface area contributed by atoms with Crippen LogP contribution < -0.4 is 0 Å². The number of hydrogen-bond acceptors (Lipinski definition) is 5. The first-order chi connectivity index (χ1) is 9.24. The number of esters is 1. The molecule has 0 radical (unpaired) electrons. The molecule has 0 bridgehead atoms. The lowest BCUT2D eigenvalue weighted by Gasteiger charge is -2.03. The Morgan fingerprint density at radius 3 is 2.84 bits per heavy atom. The van der Waals surface area contributed by atoms with E-state index < -0.39 is 5.97 Å². The molecule has 0 N–H and O–H groups in total. The summed E-state index contributed by atoms with van der Waals surface area (Å²) < 4.78 is 9.85. The Balaban J connectivity index is 1.85. The van der Waals surface area contributed by atoms with Gasteiger partial charge in [-0.1, -0.05) is 31.3 Å². The molecule has 104 valence electrons. The predicted octanol–water partition coefficient (Wildman–Crippen LogP) is 3.00. The van der Waals surface area contributed by atoms with Gasteiger partial charge < -0.3 is 9.26 Å². The maximum atomic E-state index is 11.9. The minimum Gasteiger partial charge on any atom is -0.461 e. The molecule has 0 aliphatic heterocycles. The second-order valence-electron chi connectivity index (χ2n) is 4.91. The smallest absolute Gasteiger partial charge is 0.361 e. The van der Waals surface area contributed by atoms with Crippen molar-refractivity contribution in [2.45, 2.75) is 45.4 Å². The highest BCUT2D eigenvalue weighted by Crippen LogP contribution is 2.33. The summed E-state index contributed by atoms with van der Waals surface area (Å²) in [6.07, 6.45) is 7.16. The first kappa shape index (κ1) is 13.8. The fourth-order valence-electron chi connectivity index (χ4n) is 1.89. The summed E-state index contributed by atoms with van der Waals surface area (Å²) in [5.41, 5.74) is 0.286. The third kappa shape index (κ3) is 3.66. The predicted molar refractivity (Wildman–Crippen MR) is 68.0 cm³/mol. The molecule has 2 rings (SSSR count). The Kier molecular flexibility index (Phi) is 4.71. The van der Waals surface area contributed by atoms with Crippen molar-refractivity contribution in [3.63, 3.8) is 0 Å². The van der Waals surface area contributed by atoms with Crippen LogP contribution >= 0.6 is 0 Å². The van der Waals surface area contributed by atoms with Gasteiger partial charge in [-0.3, -0.25) is 4.79 Å². The van der Waals surface area contributed by atoms with Crippen LogP contribution in [0.2, 0.25) is 0 Å². The number of carbonyl (C=O) groups is 2. The van der Waals surface area contributed by atoms with Crippen molar-refractivity contribution in [2.75, 3.05) is 6.61 Å². The Morgan fingerprint density at radius 1 is 1.37 bits per heavy atom. The van der Waals surface area contributed by atoms with E-state index in [2.05, 4.69) is 12.1 Å². The molecule has 5 nitrogen and oxygen atoms in total. The van der Waals surface area contributed by atoms with Crippen LogP contribution in [0.25, 0.3) is 0 Å². The van der Waals surface area contributed by atoms with Gasteiger partial charge in [-0.25, -0.2) is 4.79 Å². The quantitative estimate of drug-likeness (QED) is 0.410. The average molecular weight is 265 g/mol. The molecule has 0 unspecified atom stereocenters. The topological polar surface area (TPSA) is 69.4 Å². The average Bonchev–Trinajstić information content (AvgIpc) is 3.14. The molecule has 1 aromatic rings. The van der Waals surface area contributed by atoms with Gasteiger partial charge in [0, 0.05) is 5.92 Å². The third-order valence-corrected chi connectivity index (χ3v) is 3.21. The summed E-state index contributed by atoms with van der Waals surface area (Å²) in [5.74, 6) is -0.580. The van der Waals surface area contributed by atoms with E-state index in [4.69, 9.17) is 9.26 Å². The van der Waals surface area contributed by atoms with E-state index in [9.17, 15) is 9.59 Å². The van der Waals surface area contributed by atoms with Gasteiger partial charge in [-0.15, -0.1) is 0 Å². The lowest BCUT2D eigenvalue weighted by atomic mass is 10.1. The fourth-order valence-corrected chi connectivity index (χ4v) is 1.89. The van der Waals surface area contributed by atoms with Crippen molar-refractivity contribution in [3.05, 3.63) is 17.5 Å². The molecule has 19 heavy (non-hydrogen) atoms. The summed E-state index contributed by atoms with van der Waals surface area (Å²) in [5, 5.41) is 3.59. The van der Waals surface area contributed by atoms with Crippen molar-refractivity contribution in [3.8, 4) is 0 Å². The van der Waals surface area contributed by atoms with E-state index in [1.165, 1.54) is 6.26 Å². The van der Waals surface area contributed by atoms with Crippen LogP contribution in [0.4, 0.5) is 0 Å². The highest BCUT2D eigenvalue weighted by Gasteiger charge is 2.35. The summed E-state index contributed by atoms with van der Waals surface area (Å²) in [4.78, 5) is 23.7. The molecule has 1 saturated carbocycles. The number of Topliss-reactive ketones (excluding diaryl/α,β-unsaturated/α-hetero) is 1. The Bertz CT molecular complexity index is 448. The van der Waals surface area contributed by atoms with Crippen LogP contribution in [0, 0.1) is 5.92 Å². The second-order valence-corrected chi connectivity index (χ2v) is 4.91. The first-order valence-electron chi connectivity index (χ1n) is 6.89. The zero-order valence-corrected chi connectivity index (χ0v) is 11.2. The van der Waals surface area contributed by atoms with Gasteiger partial charge in [0.15, 0.2) is 5.78 Å². The van der Waals surface area contributed by atoms with E-state index in [1.54, 1.807) is 0 Å². The fraction of sp³-hybridized carbons (Fsp3) is 0.643. The number of carbonyl (C=O) groups excluding carboxylic acids is 2. The summed E-state index contributed by atoms with van der Waals surface area (Å²) in [6, 6.07) is 0. The van der Waals surface area contributed by atoms with Crippen molar-refractivity contribution in [1.82, 2.24) is 5.16 Å². The van der Waals surface area contributed by atoms with Gasteiger partial charge in [0.1, 0.15) is 6.26 Å². The van der Waals surface area contributed by atoms with Crippen LogP contribution in [-0.4, -0.2) is 23.5 Å². The molecule has 1 aromatic heterocycles.